The number of hydrogen-bond acceptors (Lipinski definition) is 25. The lowest BCUT2D eigenvalue weighted by molar-refractivity contribution is -0.149. The van der Waals surface area contributed by atoms with E-state index in [0.717, 1.165) is 0 Å². The monoisotopic (exact) mass is 1180 g/mol. The van der Waals surface area contributed by atoms with E-state index in [0.29, 0.717) is 5.65 Å². The van der Waals surface area contributed by atoms with Crippen LogP contribution in [0.1, 0.15) is 80.6 Å². The van der Waals surface area contributed by atoms with Crippen molar-refractivity contribution in [3.63, 3.8) is 0 Å². The summed E-state index contributed by atoms with van der Waals surface area (Å²) in [7, 11) is -9.00. The average Bonchev–Trinajstić information content (AvgIpc) is 4.22. The Labute approximate surface area is 470 Å². The molecule has 3 fully saturated rings. The topological polar surface area (TPSA) is 381 Å². The van der Waals surface area contributed by atoms with Crippen molar-refractivity contribution in [2.24, 2.45) is 10.8 Å². The van der Waals surface area contributed by atoms with E-state index in [1.54, 1.807) is 62.4 Å². The number of aliphatic hydroxyl groups is 2. The Morgan fingerprint density at radius 2 is 1.18 bits per heavy atom. The summed E-state index contributed by atoms with van der Waals surface area (Å²) in [6, 6.07) is 13.7. The Balaban J connectivity index is 0.853. The quantitative estimate of drug-likeness (QED) is 0.0276. The van der Waals surface area contributed by atoms with E-state index in [9.17, 15) is 33.7 Å². The number of carbonyl (C=O) groups is 3. The maximum Gasteiger partial charge on any atom is 0.509 e. The standard InChI is InChI=1S/C51H66N12O17P2/c1-26(47(66)71-21-50(5,6)7)60-81(69,79-30-16-12-10-13-17-30)77-28(3)37-35(64)36(65)45(73-37)63-25-57-34-42(53)58-32(59-44(34)63)20-51(8,9)22-72-48(67)27(2)61-82(70,80-31-18-14-11-15-19-31)78-29(4)38-39-40(76-49(68)75-39)46(74-38)62-24-56-33-41(52)54-23-55-43(33)62/h10-19,23-29,35-40,45-46,64-65H,20-22H2,1-9H3,(H,60,69)(H,61,70)(H2,52,54,55)(H2,53,58,59). The number of aromatic nitrogens is 8. The van der Waals surface area contributed by atoms with Gasteiger partial charge in [0.05, 0.1) is 38.1 Å². The van der Waals surface area contributed by atoms with Gasteiger partial charge in [-0.1, -0.05) is 71.0 Å². The van der Waals surface area contributed by atoms with Crippen LogP contribution in [0.25, 0.3) is 22.3 Å². The highest BCUT2D eigenvalue weighted by molar-refractivity contribution is 7.52. The molecule has 8 N–H and O–H groups in total. The molecule has 3 aliphatic heterocycles. The molecule has 31 heteroatoms. The van der Waals surface area contributed by atoms with Crippen molar-refractivity contribution in [2.75, 3.05) is 24.7 Å². The molecule has 3 aliphatic rings. The van der Waals surface area contributed by atoms with Gasteiger partial charge in [0.2, 0.25) is 0 Å². The van der Waals surface area contributed by atoms with Crippen molar-refractivity contribution in [1.82, 2.24) is 49.2 Å². The van der Waals surface area contributed by atoms with Crippen LogP contribution in [0.2, 0.25) is 0 Å². The highest BCUT2D eigenvalue weighted by atomic mass is 31.2. The molecule has 0 radical (unpaired) electrons. The van der Waals surface area contributed by atoms with Gasteiger partial charge in [0.15, 0.2) is 47.6 Å². The predicted octanol–water partition coefficient (Wildman–Crippen LogP) is 5.09. The summed E-state index contributed by atoms with van der Waals surface area (Å²) in [5.41, 5.74) is 12.0. The number of nitrogen functional groups attached to an aromatic ring is 2. The number of benzene rings is 2. The van der Waals surface area contributed by atoms with Gasteiger partial charge in [-0.05, 0) is 57.4 Å². The van der Waals surface area contributed by atoms with Crippen molar-refractivity contribution < 1.29 is 80.2 Å². The molecule has 0 amide bonds. The lowest BCUT2D eigenvalue weighted by Gasteiger charge is -2.29. The minimum Gasteiger partial charge on any atom is -0.464 e. The van der Waals surface area contributed by atoms with Gasteiger partial charge >= 0.3 is 33.6 Å². The number of fused-ring (bicyclic) bond motifs is 3. The molecular weight excluding hydrogens is 1110 g/mol. The van der Waals surface area contributed by atoms with Gasteiger partial charge in [-0.25, -0.2) is 43.8 Å². The van der Waals surface area contributed by atoms with Crippen LogP contribution in [0.3, 0.4) is 0 Å². The number of para-hydroxylation sites is 2. The highest BCUT2D eigenvalue weighted by Crippen LogP contribution is 2.51. The summed E-state index contributed by atoms with van der Waals surface area (Å²) in [5.74, 6) is -1.01. The zero-order chi connectivity index (χ0) is 59.1. The van der Waals surface area contributed by atoms with Crippen LogP contribution < -0.4 is 30.7 Å². The molecule has 82 heavy (non-hydrogen) atoms. The average molecular weight is 1180 g/mol. The Morgan fingerprint density at radius 1 is 0.671 bits per heavy atom. The molecule has 0 aliphatic carbocycles. The van der Waals surface area contributed by atoms with Gasteiger partial charge < -0.3 is 59.1 Å². The van der Waals surface area contributed by atoms with E-state index in [1.165, 1.54) is 67.9 Å². The summed E-state index contributed by atoms with van der Waals surface area (Å²) < 4.78 is 90.8. The zero-order valence-electron chi connectivity index (χ0n) is 46.2. The minimum absolute atomic E-state index is 0.0306. The number of nitrogens with zero attached hydrogens (tertiary/aromatic N) is 8. The third-order valence-electron chi connectivity index (χ3n) is 13.2. The fourth-order valence-corrected chi connectivity index (χ4v) is 12.6. The molecule has 2 aromatic carbocycles. The number of rotatable bonds is 23. The number of esters is 2. The number of nitrogens with one attached hydrogen (secondary N) is 2. The smallest absolute Gasteiger partial charge is 0.464 e. The molecule has 29 nitrogen and oxygen atoms in total. The number of ether oxygens (including phenoxy) is 6. The van der Waals surface area contributed by atoms with E-state index in [4.69, 9.17) is 63.0 Å². The van der Waals surface area contributed by atoms with Gasteiger partial charge in [0, 0.05) is 11.8 Å². The van der Waals surface area contributed by atoms with Crippen molar-refractivity contribution in [1.29, 1.82) is 0 Å². The molecule has 7 heterocycles. The Bertz CT molecular complexity index is 3370. The summed E-state index contributed by atoms with van der Waals surface area (Å²) >= 11 is 0. The molecule has 3 saturated heterocycles. The maximum atomic E-state index is 14.8. The molecule has 9 rings (SSSR count). The molecular formula is C51H66N12O17P2. The fraction of sp³-hybridized carbons (Fsp3) is 0.510. The number of aliphatic hydroxyl groups excluding tert-OH is 2. The Kier molecular flexibility index (Phi) is 17.3. The number of hydrogen-bond donors (Lipinski definition) is 6. The third kappa shape index (κ3) is 13.4. The lowest BCUT2D eigenvalue weighted by Crippen LogP contribution is -2.41. The zero-order valence-corrected chi connectivity index (χ0v) is 48.0. The predicted molar refractivity (Wildman–Crippen MR) is 289 cm³/mol. The molecule has 14 unspecified atom stereocenters. The van der Waals surface area contributed by atoms with E-state index < -0.39 is 112 Å². The maximum absolute atomic E-state index is 14.8. The van der Waals surface area contributed by atoms with E-state index in [1.807, 2.05) is 20.8 Å². The molecule has 0 bridgehead atoms. The first-order chi connectivity index (χ1) is 38.7. The summed E-state index contributed by atoms with van der Waals surface area (Å²) in [4.78, 5) is 65.4. The van der Waals surface area contributed by atoms with Crippen LogP contribution in [0, 0.1) is 10.8 Å². The van der Waals surface area contributed by atoms with Crippen LogP contribution >= 0.6 is 15.5 Å². The van der Waals surface area contributed by atoms with Crippen molar-refractivity contribution in [2.45, 2.75) is 142 Å². The van der Waals surface area contributed by atoms with Crippen molar-refractivity contribution in [3.8, 4) is 11.5 Å². The Hall–Kier alpha value is -6.91. The number of carbonyl (C=O) groups excluding carboxylic acids is 3. The first-order valence-electron chi connectivity index (χ1n) is 26.1. The summed E-state index contributed by atoms with van der Waals surface area (Å²) in [6.07, 6.45) is -9.44. The van der Waals surface area contributed by atoms with Crippen LogP contribution in [0.5, 0.6) is 11.5 Å². The number of nitrogens with two attached hydrogens (primary N) is 2. The largest absolute Gasteiger partial charge is 0.509 e. The number of imidazole rings is 2. The number of anilines is 2. The van der Waals surface area contributed by atoms with Gasteiger partial charge in [-0.2, -0.15) is 10.2 Å². The molecule has 6 aromatic rings. The van der Waals surface area contributed by atoms with E-state index in [-0.39, 0.29) is 70.7 Å². The first-order valence-corrected chi connectivity index (χ1v) is 29.2. The van der Waals surface area contributed by atoms with Crippen LogP contribution in [-0.4, -0.2) is 141 Å². The normalized spacial score (nSPS) is 24.8. The molecule has 0 saturated carbocycles. The van der Waals surface area contributed by atoms with Gasteiger partial charge in [0.1, 0.15) is 71.2 Å². The van der Waals surface area contributed by atoms with Crippen LogP contribution in [0.15, 0.2) is 79.6 Å². The third-order valence-corrected chi connectivity index (χ3v) is 16.7. The van der Waals surface area contributed by atoms with E-state index in [2.05, 4.69) is 35.1 Å². The van der Waals surface area contributed by atoms with Gasteiger partial charge in [-0.15, -0.1) is 0 Å². The first kappa shape index (κ1) is 59.7. The minimum atomic E-state index is -4.55. The van der Waals surface area contributed by atoms with Crippen LogP contribution in [0.4, 0.5) is 16.4 Å². The van der Waals surface area contributed by atoms with Crippen molar-refractivity contribution >= 4 is 67.6 Å². The summed E-state index contributed by atoms with van der Waals surface area (Å²) in [6.45, 7) is 14.9. The van der Waals surface area contributed by atoms with Crippen LogP contribution in [-0.2, 0) is 62.6 Å². The highest BCUT2D eigenvalue weighted by Gasteiger charge is 2.58. The lowest BCUT2D eigenvalue weighted by atomic mass is 9.90. The fourth-order valence-electron chi connectivity index (χ4n) is 9.20. The van der Waals surface area contributed by atoms with Gasteiger partial charge in [-0.3, -0.25) is 27.8 Å². The second kappa shape index (κ2) is 23.8. The molecule has 14 atom stereocenters. The second-order valence-corrected chi connectivity index (χ2v) is 25.3. The van der Waals surface area contributed by atoms with Gasteiger partial charge in [0.25, 0.3) is 0 Å². The van der Waals surface area contributed by atoms with Crippen molar-refractivity contribution in [3.05, 3.63) is 85.5 Å². The molecule has 4 aromatic heterocycles. The SMILES string of the molecule is CC(NP(=O)(Oc1ccccc1)OC(C)C1OC(n2cnc3c(N)nc(CC(C)(C)COC(=O)C(C)NP(=O)(Oc4ccccc4)OC(C)C4OC(n5cnc6c(N)ncnc65)C5OC(=O)OC45)nc32)C(O)C1O)C(=O)OCC(C)(C)C. The second-order valence-electron chi connectivity index (χ2n) is 22.1. The molecule has 442 valence electrons. The summed E-state index contributed by atoms with van der Waals surface area (Å²) in [5, 5.41) is 28.2. The van der Waals surface area contributed by atoms with E-state index >= 15 is 0 Å². The Morgan fingerprint density at radius 3 is 1.76 bits per heavy atom. The molecule has 0 spiro atoms.